The maximum atomic E-state index is 9.75. The van der Waals surface area contributed by atoms with Crippen molar-refractivity contribution in [1.29, 1.82) is 0 Å². The smallest absolute Gasteiger partial charge is 0.123 e. The average Bonchev–Trinajstić information content (AvgIpc) is 2.38. The summed E-state index contributed by atoms with van der Waals surface area (Å²) in [5.74, 6) is 1.22. The molecule has 2 atom stereocenters. The summed E-state index contributed by atoms with van der Waals surface area (Å²) in [4.78, 5) is 0. The van der Waals surface area contributed by atoms with Crippen LogP contribution in [0.3, 0.4) is 0 Å². The van der Waals surface area contributed by atoms with Crippen molar-refractivity contribution >= 4 is 0 Å². The third kappa shape index (κ3) is 4.31. The fraction of sp³-hybridized carbons (Fsp3) is 0.600. The highest BCUT2D eigenvalue weighted by Crippen LogP contribution is 2.24. The number of aliphatic hydroxyl groups is 1. The first-order valence-electron chi connectivity index (χ1n) is 6.60. The zero-order valence-electron chi connectivity index (χ0n) is 11.8. The molecule has 0 aliphatic heterocycles. The van der Waals surface area contributed by atoms with E-state index in [1.807, 2.05) is 32.0 Å². The van der Waals surface area contributed by atoms with Crippen molar-refractivity contribution in [2.45, 2.75) is 39.3 Å². The number of hydrogen-bond acceptors (Lipinski definition) is 3. The normalized spacial score (nSPS) is 14.6. The van der Waals surface area contributed by atoms with E-state index in [0.29, 0.717) is 5.92 Å². The first-order chi connectivity index (χ1) is 8.56. The van der Waals surface area contributed by atoms with Gasteiger partial charge in [0, 0.05) is 11.6 Å². The summed E-state index contributed by atoms with van der Waals surface area (Å²) in [7, 11) is 1.69. The van der Waals surface area contributed by atoms with Crippen molar-refractivity contribution in [2.75, 3.05) is 13.7 Å². The topological polar surface area (TPSA) is 41.5 Å². The van der Waals surface area contributed by atoms with Crippen LogP contribution in [0.15, 0.2) is 24.3 Å². The molecule has 0 radical (unpaired) electrons. The molecular formula is C15H25NO2. The van der Waals surface area contributed by atoms with Gasteiger partial charge in [0.25, 0.3) is 0 Å². The van der Waals surface area contributed by atoms with Gasteiger partial charge in [0.15, 0.2) is 0 Å². The van der Waals surface area contributed by atoms with Gasteiger partial charge in [-0.15, -0.1) is 0 Å². The van der Waals surface area contributed by atoms with Crippen LogP contribution in [0.1, 0.15) is 38.8 Å². The highest BCUT2D eigenvalue weighted by molar-refractivity contribution is 5.35. The molecule has 3 nitrogen and oxygen atoms in total. The van der Waals surface area contributed by atoms with Crippen LogP contribution in [0, 0.1) is 5.92 Å². The summed E-state index contributed by atoms with van der Waals surface area (Å²) in [6.45, 7) is 6.99. The van der Waals surface area contributed by atoms with Crippen molar-refractivity contribution in [3.8, 4) is 5.75 Å². The Balaban J connectivity index is 2.47. The molecule has 1 aromatic carbocycles. The van der Waals surface area contributed by atoms with Gasteiger partial charge in [0.1, 0.15) is 5.75 Å². The number of hydrogen-bond donors (Lipinski definition) is 2. The van der Waals surface area contributed by atoms with E-state index >= 15 is 0 Å². The van der Waals surface area contributed by atoms with Gasteiger partial charge >= 0.3 is 0 Å². The van der Waals surface area contributed by atoms with E-state index in [1.54, 1.807) is 7.11 Å². The molecule has 0 saturated heterocycles. The van der Waals surface area contributed by atoms with E-state index < -0.39 is 0 Å². The van der Waals surface area contributed by atoms with Gasteiger partial charge in [-0.1, -0.05) is 32.0 Å². The Morgan fingerprint density at radius 3 is 2.50 bits per heavy atom. The summed E-state index contributed by atoms with van der Waals surface area (Å²) >= 11 is 0. The lowest BCUT2D eigenvalue weighted by Gasteiger charge is -2.19. The quantitative estimate of drug-likeness (QED) is 0.783. The van der Waals surface area contributed by atoms with Gasteiger partial charge in [0.2, 0.25) is 0 Å². The Morgan fingerprint density at radius 1 is 1.22 bits per heavy atom. The summed E-state index contributed by atoms with van der Waals surface area (Å²) in [6, 6.07) is 8.24. The molecule has 0 saturated carbocycles. The van der Waals surface area contributed by atoms with E-state index in [-0.39, 0.29) is 12.1 Å². The van der Waals surface area contributed by atoms with Crippen molar-refractivity contribution in [3.63, 3.8) is 0 Å². The van der Waals surface area contributed by atoms with Gasteiger partial charge in [-0.05, 0) is 31.9 Å². The predicted octanol–water partition coefficient (Wildman–Crippen LogP) is 2.75. The lowest BCUT2D eigenvalue weighted by molar-refractivity contribution is 0.115. The lowest BCUT2D eigenvalue weighted by atomic mass is 10.0. The number of para-hydroxylation sites is 1. The van der Waals surface area contributed by atoms with Crippen LogP contribution in [0.2, 0.25) is 0 Å². The highest BCUT2D eigenvalue weighted by atomic mass is 16.5. The van der Waals surface area contributed by atoms with Crippen LogP contribution in [0.5, 0.6) is 5.75 Å². The number of methoxy groups -OCH3 is 1. The van der Waals surface area contributed by atoms with Gasteiger partial charge in [-0.2, -0.15) is 0 Å². The summed E-state index contributed by atoms with van der Waals surface area (Å²) in [5, 5.41) is 13.2. The van der Waals surface area contributed by atoms with Crippen molar-refractivity contribution < 1.29 is 9.84 Å². The zero-order valence-corrected chi connectivity index (χ0v) is 11.8. The third-order valence-corrected chi connectivity index (χ3v) is 3.27. The SMILES string of the molecule is COc1ccccc1C(C)NCCC(O)C(C)C. The van der Waals surface area contributed by atoms with E-state index in [0.717, 1.165) is 24.3 Å². The first kappa shape index (κ1) is 15.0. The molecule has 0 aliphatic carbocycles. The molecule has 2 unspecified atom stereocenters. The van der Waals surface area contributed by atoms with Crippen molar-refractivity contribution in [3.05, 3.63) is 29.8 Å². The summed E-state index contributed by atoms with van der Waals surface area (Å²) in [6.07, 6.45) is 0.541. The molecule has 102 valence electrons. The lowest BCUT2D eigenvalue weighted by Crippen LogP contribution is -2.26. The van der Waals surface area contributed by atoms with Crippen LogP contribution in [0.25, 0.3) is 0 Å². The Morgan fingerprint density at radius 2 is 1.89 bits per heavy atom. The Hall–Kier alpha value is -1.06. The number of nitrogens with one attached hydrogen (secondary N) is 1. The molecule has 2 N–H and O–H groups in total. The fourth-order valence-electron chi connectivity index (χ4n) is 1.92. The summed E-state index contributed by atoms with van der Waals surface area (Å²) in [5.41, 5.74) is 1.15. The standard InChI is InChI=1S/C15H25NO2/c1-11(2)14(17)9-10-16-12(3)13-7-5-6-8-15(13)18-4/h5-8,11-12,14,16-17H,9-10H2,1-4H3. The van der Waals surface area contributed by atoms with Crippen LogP contribution >= 0.6 is 0 Å². The molecule has 0 heterocycles. The predicted molar refractivity (Wildman–Crippen MR) is 74.9 cm³/mol. The van der Waals surface area contributed by atoms with Gasteiger partial charge in [-0.3, -0.25) is 0 Å². The minimum absolute atomic E-state index is 0.223. The van der Waals surface area contributed by atoms with E-state index in [4.69, 9.17) is 4.74 Å². The highest BCUT2D eigenvalue weighted by Gasteiger charge is 2.12. The maximum absolute atomic E-state index is 9.75. The van der Waals surface area contributed by atoms with E-state index in [9.17, 15) is 5.11 Å². The maximum Gasteiger partial charge on any atom is 0.123 e. The van der Waals surface area contributed by atoms with Crippen LogP contribution in [0.4, 0.5) is 0 Å². The Labute approximate surface area is 110 Å². The molecule has 1 aromatic rings. The molecule has 0 fully saturated rings. The second-order valence-corrected chi connectivity index (χ2v) is 5.02. The largest absolute Gasteiger partial charge is 0.496 e. The molecule has 0 bridgehead atoms. The van der Waals surface area contributed by atoms with E-state index in [2.05, 4.69) is 18.3 Å². The zero-order chi connectivity index (χ0) is 13.5. The van der Waals surface area contributed by atoms with Crippen molar-refractivity contribution in [2.24, 2.45) is 5.92 Å². The molecule has 0 amide bonds. The third-order valence-electron chi connectivity index (χ3n) is 3.27. The van der Waals surface area contributed by atoms with Crippen LogP contribution < -0.4 is 10.1 Å². The molecule has 0 aromatic heterocycles. The number of rotatable bonds is 7. The Bertz CT molecular complexity index is 352. The number of benzene rings is 1. The van der Waals surface area contributed by atoms with Crippen molar-refractivity contribution in [1.82, 2.24) is 5.32 Å². The van der Waals surface area contributed by atoms with Crippen LogP contribution in [-0.2, 0) is 0 Å². The molecule has 18 heavy (non-hydrogen) atoms. The molecule has 0 spiro atoms. The van der Waals surface area contributed by atoms with Crippen LogP contribution in [-0.4, -0.2) is 24.9 Å². The minimum Gasteiger partial charge on any atom is -0.496 e. The van der Waals surface area contributed by atoms with Gasteiger partial charge in [0.05, 0.1) is 13.2 Å². The molecular weight excluding hydrogens is 226 g/mol. The molecule has 0 aliphatic rings. The monoisotopic (exact) mass is 251 g/mol. The minimum atomic E-state index is -0.234. The average molecular weight is 251 g/mol. The second kappa shape index (κ2) is 7.39. The van der Waals surface area contributed by atoms with Gasteiger partial charge in [-0.25, -0.2) is 0 Å². The number of aliphatic hydroxyl groups excluding tert-OH is 1. The molecule has 1 rings (SSSR count). The fourth-order valence-corrected chi connectivity index (χ4v) is 1.92. The summed E-state index contributed by atoms with van der Waals surface area (Å²) < 4.78 is 5.34. The first-order valence-corrected chi connectivity index (χ1v) is 6.60. The molecule has 3 heteroatoms. The van der Waals surface area contributed by atoms with Gasteiger partial charge < -0.3 is 15.2 Å². The Kier molecular flexibility index (Phi) is 6.16. The number of ether oxygens (including phenoxy) is 1. The second-order valence-electron chi connectivity index (χ2n) is 5.02. The van der Waals surface area contributed by atoms with E-state index in [1.165, 1.54) is 0 Å².